The smallest absolute Gasteiger partial charge is 0.259 e. The number of ether oxygens (including phenoxy) is 1. The molecule has 0 radical (unpaired) electrons. The second-order valence-electron chi connectivity index (χ2n) is 6.76. The van der Waals surface area contributed by atoms with Gasteiger partial charge in [-0.2, -0.15) is 0 Å². The summed E-state index contributed by atoms with van der Waals surface area (Å²) >= 11 is 0. The van der Waals surface area contributed by atoms with E-state index in [1.807, 2.05) is 26.8 Å². The molecule has 6 nitrogen and oxygen atoms in total. The van der Waals surface area contributed by atoms with Crippen molar-refractivity contribution < 1.29 is 17.9 Å². The molecule has 0 spiro atoms. The highest BCUT2D eigenvalue weighted by molar-refractivity contribution is 7.89. The number of carbonyl (C=O) groups is 1. The highest BCUT2D eigenvalue weighted by Crippen LogP contribution is 2.22. The molecule has 0 aliphatic carbocycles. The van der Waals surface area contributed by atoms with Crippen LogP contribution in [-0.4, -0.2) is 28.0 Å². The minimum Gasteiger partial charge on any atom is -0.496 e. The molecular weight excluding hydrogens is 364 g/mol. The average Bonchev–Trinajstić information content (AvgIpc) is 2.61. The molecule has 0 fully saturated rings. The van der Waals surface area contributed by atoms with Crippen molar-refractivity contribution in [2.45, 2.75) is 32.1 Å². The fourth-order valence-corrected chi connectivity index (χ4v) is 3.53. The summed E-state index contributed by atoms with van der Waals surface area (Å²) in [6.45, 7) is 6.36. The van der Waals surface area contributed by atoms with E-state index in [1.165, 1.54) is 19.2 Å². The maximum atomic E-state index is 12.5. The normalized spacial score (nSPS) is 11.4. The fraction of sp³-hybridized carbons (Fsp3) is 0.350. The first-order chi connectivity index (χ1) is 12.7. The molecule has 2 aromatic rings. The van der Waals surface area contributed by atoms with Crippen LogP contribution in [0.5, 0.6) is 5.75 Å². The van der Waals surface area contributed by atoms with Gasteiger partial charge in [0.05, 0.1) is 17.6 Å². The lowest BCUT2D eigenvalue weighted by atomic mass is 10.1. The maximum absolute atomic E-state index is 12.5. The van der Waals surface area contributed by atoms with Crippen molar-refractivity contribution in [2.75, 3.05) is 19.0 Å². The zero-order valence-electron chi connectivity index (χ0n) is 16.1. The highest BCUT2D eigenvalue weighted by Gasteiger charge is 2.15. The van der Waals surface area contributed by atoms with Crippen molar-refractivity contribution >= 4 is 21.6 Å². The van der Waals surface area contributed by atoms with E-state index in [1.54, 1.807) is 24.3 Å². The van der Waals surface area contributed by atoms with Crippen LogP contribution in [-0.2, 0) is 10.0 Å². The third-order valence-corrected chi connectivity index (χ3v) is 5.51. The molecule has 146 valence electrons. The number of sulfonamides is 1. The molecule has 27 heavy (non-hydrogen) atoms. The Bertz CT molecular complexity index is 891. The van der Waals surface area contributed by atoms with E-state index < -0.39 is 10.0 Å². The van der Waals surface area contributed by atoms with Crippen LogP contribution < -0.4 is 14.8 Å². The lowest BCUT2D eigenvalue weighted by Crippen LogP contribution is -2.25. The molecule has 0 saturated heterocycles. The van der Waals surface area contributed by atoms with Gasteiger partial charge in [-0.1, -0.05) is 25.5 Å². The standard InChI is InChI=1S/C20H26N2O4S/c1-14(2)11-12-21-27(24,25)17-8-6-16(7-9-17)22-20(23)18-13-15(3)5-10-19(18)26-4/h5-10,13-14,21H,11-12H2,1-4H3,(H,22,23). The topological polar surface area (TPSA) is 84.5 Å². The van der Waals surface area contributed by atoms with Crippen molar-refractivity contribution in [3.05, 3.63) is 53.6 Å². The molecule has 0 aliphatic rings. The van der Waals surface area contributed by atoms with Crippen LogP contribution in [0.3, 0.4) is 0 Å². The molecule has 0 atom stereocenters. The zero-order valence-corrected chi connectivity index (χ0v) is 16.9. The van der Waals surface area contributed by atoms with Crippen LogP contribution in [0.1, 0.15) is 36.2 Å². The van der Waals surface area contributed by atoms with Gasteiger partial charge in [-0.3, -0.25) is 4.79 Å². The van der Waals surface area contributed by atoms with Crippen molar-refractivity contribution in [2.24, 2.45) is 5.92 Å². The Morgan fingerprint density at radius 2 is 1.78 bits per heavy atom. The van der Waals surface area contributed by atoms with E-state index in [2.05, 4.69) is 10.0 Å². The van der Waals surface area contributed by atoms with Crippen LogP contribution in [0.15, 0.2) is 47.4 Å². The Morgan fingerprint density at radius 3 is 2.37 bits per heavy atom. The molecular formula is C20H26N2O4S. The lowest BCUT2D eigenvalue weighted by Gasteiger charge is -2.11. The first kappa shape index (κ1) is 20.9. The first-order valence-corrected chi connectivity index (χ1v) is 10.3. The van der Waals surface area contributed by atoms with Gasteiger partial charge in [0, 0.05) is 12.2 Å². The molecule has 1 amide bonds. The minimum absolute atomic E-state index is 0.164. The van der Waals surface area contributed by atoms with Gasteiger partial charge in [-0.05, 0) is 55.7 Å². The van der Waals surface area contributed by atoms with Crippen molar-refractivity contribution in [1.29, 1.82) is 0 Å². The van der Waals surface area contributed by atoms with Crippen molar-refractivity contribution in [3.63, 3.8) is 0 Å². The van der Waals surface area contributed by atoms with Gasteiger partial charge in [-0.15, -0.1) is 0 Å². The summed E-state index contributed by atoms with van der Waals surface area (Å²) in [4.78, 5) is 12.7. The quantitative estimate of drug-likeness (QED) is 0.721. The van der Waals surface area contributed by atoms with Crippen LogP contribution in [0.2, 0.25) is 0 Å². The lowest BCUT2D eigenvalue weighted by molar-refractivity contribution is 0.102. The monoisotopic (exact) mass is 390 g/mol. The van der Waals surface area contributed by atoms with Crippen LogP contribution in [0, 0.1) is 12.8 Å². The van der Waals surface area contributed by atoms with Crippen molar-refractivity contribution in [3.8, 4) is 5.75 Å². The summed E-state index contributed by atoms with van der Waals surface area (Å²) in [7, 11) is -2.05. The summed E-state index contributed by atoms with van der Waals surface area (Å²) in [5.74, 6) is 0.580. The molecule has 0 saturated carbocycles. The van der Waals surface area contributed by atoms with E-state index >= 15 is 0 Å². The van der Waals surface area contributed by atoms with Crippen LogP contribution in [0.25, 0.3) is 0 Å². The van der Waals surface area contributed by atoms with E-state index in [9.17, 15) is 13.2 Å². The predicted molar refractivity (Wildman–Crippen MR) is 107 cm³/mol. The molecule has 2 N–H and O–H groups in total. The maximum Gasteiger partial charge on any atom is 0.259 e. The average molecular weight is 391 g/mol. The second-order valence-corrected chi connectivity index (χ2v) is 8.53. The SMILES string of the molecule is COc1ccc(C)cc1C(=O)Nc1ccc(S(=O)(=O)NCCC(C)C)cc1. The van der Waals surface area contributed by atoms with Gasteiger partial charge in [-0.25, -0.2) is 13.1 Å². The number of anilines is 1. The fourth-order valence-electron chi connectivity index (χ4n) is 2.48. The van der Waals surface area contributed by atoms with Crippen LogP contribution in [0.4, 0.5) is 5.69 Å². The number of carbonyl (C=O) groups excluding carboxylic acids is 1. The largest absolute Gasteiger partial charge is 0.496 e. The van der Waals surface area contributed by atoms with Gasteiger partial charge in [0.15, 0.2) is 0 Å². The van der Waals surface area contributed by atoms with Gasteiger partial charge in [0.1, 0.15) is 5.75 Å². The first-order valence-electron chi connectivity index (χ1n) is 8.78. The predicted octanol–water partition coefficient (Wildman–Crippen LogP) is 3.58. The summed E-state index contributed by atoms with van der Waals surface area (Å²) in [5.41, 5.74) is 1.86. The van der Waals surface area contributed by atoms with E-state index in [0.717, 1.165) is 12.0 Å². The molecule has 0 heterocycles. The number of aryl methyl sites for hydroxylation is 1. The molecule has 7 heteroatoms. The third-order valence-electron chi connectivity index (χ3n) is 4.04. The second kappa shape index (κ2) is 9.01. The molecule has 0 bridgehead atoms. The number of rotatable bonds is 8. The molecule has 2 rings (SSSR count). The molecule has 0 aromatic heterocycles. The number of hydrogen-bond donors (Lipinski definition) is 2. The molecule has 2 aromatic carbocycles. The summed E-state index contributed by atoms with van der Waals surface area (Å²) in [5, 5.41) is 2.76. The van der Waals surface area contributed by atoms with Gasteiger partial charge < -0.3 is 10.1 Å². The number of amides is 1. The van der Waals surface area contributed by atoms with Crippen LogP contribution >= 0.6 is 0 Å². The number of hydrogen-bond acceptors (Lipinski definition) is 4. The van der Waals surface area contributed by atoms with E-state index in [-0.39, 0.29) is 10.8 Å². The molecule has 0 aliphatic heterocycles. The minimum atomic E-state index is -3.55. The summed E-state index contributed by atoms with van der Waals surface area (Å²) in [6, 6.07) is 11.4. The van der Waals surface area contributed by atoms with Gasteiger partial charge in [0.25, 0.3) is 5.91 Å². The highest BCUT2D eigenvalue weighted by atomic mass is 32.2. The van der Waals surface area contributed by atoms with E-state index in [4.69, 9.17) is 4.74 Å². The van der Waals surface area contributed by atoms with Gasteiger partial charge in [0.2, 0.25) is 10.0 Å². The summed E-state index contributed by atoms with van der Waals surface area (Å²) in [6.07, 6.45) is 0.770. The molecule has 0 unspecified atom stereocenters. The number of nitrogens with one attached hydrogen (secondary N) is 2. The Kier molecular flexibility index (Phi) is 6.98. The zero-order chi connectivity index (χ0) is 20.0. The Hall–Kier alpha value is -2.38. The van der Waals surface area contributed by atoms with Crippen molar-refractivity contribution in [1.82, 2.24) is 4.72 Å². The summed E-state index contributed by atoms with van der Waals surface area (Å²) < 4.78 is 32.4. The Labute approximate surface area is 161 Å². The van der Waals surface area contributed by atoms with E-state index in [0.29, 0.717) is 29.5 Å². The Balaban J connectivity index is 2.09. The Morgan fingerprint density at radius 1 is 1.11 bits per heavy atom. The third kappa shape index (κ3) is 5.80. The number of methoxy groups -OCH3 is 1. The number of benzene rings is 2. The van der Waals surface area contributed by atoms with Gasteiger partial charge >= 0.3 is 0 Å².